The molecule has 1 atom stereocenters. The summed E-state index contributed by atoms with van der Waals surface area (Å²) in [4.78, 5) is 37.4. The van der Waals surface area contributed by atoms with Gasteiger partial charge in [-0.2, -0.15) is 0 Å². The molecule has 35 heavy (non-hydrogen) atoms. The van der Waals surface area contributed by atoms with Gasteiger partial charge in [-0.3, -0.25) is 4.79 Å². The van der Waals surface area contributed by atoms with Crippen molar-refractivity contribution in [2.24, 2.45) is 5.41 Å². The normalized spacial score (nSPS) is 16.5. The number of carbonyl (C=O) groups is 2. The molecule has 4 heterocycles. The fourth-order valence-electron chi connectivity index (χ4n) is 4.64. The lowest BCUT2D eigenvalue weighted by Gasteiger charge is -2.46. The van der Waals surface area contributed by atoms with Gasteiger partial charge in [0.25, 0.3) is 5.91 Å². The van der Waals surface area contributed by atoms with Gasteiger partial charge in [0.1, 0.15) is 17.2 Å². The maximum absolute atomic E-state index is 13.1. The number of aromatic nitrogens is 3. The van der Waals surface area contributed by atoms with Crippen molar-refractivity contribution in [3.63, 3.8) is 0 Å². The van der Waals surface area contributed by atoms with Gasteiger partial charge in [0, 0.05) is 37.6 Å². The minimum Gasteiger partial charge on any atom is -0.495 e. The number of hydrogen-bond acceptors (Lipinski definition) is 6. The van der Waals surface area contributed by atoms with Crippen molar-refractivity contribution in [2.75, 3.05) is 37.0 Å². The Morgan fingerprint density at radius 1 is 1.17 bits per heavy atom. The number of fused-ring (bicyclic) bond motifs is 1. The molecule has 0 spiro atoms. The second-order valence-electron chi connectivity index (χ2n) is 9.97. The van der Waals surface area contributed by atoms with E-state index in [0.29, 0.717) is 36.8 Å². The van der Waals surface area contributed by atoms with E-state index in [1.54, 1.807) is 18.5 Å². The van der Waals surface area contributed by atoms with Crippen molar-refractivity contribution in [1.82, 2.24) is 19.3 Å². The van der Waals surface area contributed by atoms with E-state index in [4.69, 9.17) is 4.74 Å². The number of rotatable bonds is 4. The summed E-state index contributed by atoms with van der Waals surface area (Å²) in [6.45, 7) is 11.5. The van der Waals surface area contributed by atoms with Gasteiger partial charge in [-0.1, -0.05) is 20.8 Å². The Balaban J connectivity index is 1.52. The molecule has 4 rings (SSSR count). The zero-order chi connectivity index (χ0) is 25.5. The Kier molecular flexibility index (Phi) is 6.31. The first kappa shape index (κ1) is 24.3. The summed E-state index contributed by atoms with van der Waals surface area (Å²) < 4.78 is 7.35. The van der Waals surface area contributed by atoms with E-state index >= 15 is 0 Å². The highest BCUT2D eigenvalue weighted by Gasteiger charge is 2.38. The first-order valence-electron chi connectivity index (χ1n) is 11.5. The van der Waals surface area contributed by atoms with Crippen LogP contribution in [0.2, 0.25) is 0 Å². The molecule has 0 radical (unpaired) electrons. The molecule has 0 aromatic carbocycles. The molecule has 10 heteroatoms. The molecule has 1 saturated heterocycles. The number of ether oxygens (including phenoxy) is 1. The predicted octanol–water partition coefficient (Wildman–Crippen LogP) is 3.82. The maximum Gasteiger partial charge on any atom is 0.407 e. The Morgan fingerprint density at radius 3 is 2.51 bits per heavy atom. The average molecular weight is 481 g/mol. The Hall–Kier alpha value is -3.82. The minimum absolute atomic E-state index is 0.148. The SMILES string of the molecule is COc1c(C(=O)Nc2ccc(N3CCN(C(=O)O)C(C(C)(C)C)C3)cn2)cn2cc(C)nc2c1C. The molecule has 0 saturated carbocycles. The van der Waals surface area contributed by atoms with Crippen molar-refractivity contribution in [3.8, 4) is 5.75 Å². The van der Waals surface area contributed by atoms with Gasteiger partial charge >= 0.3 is 6.09 Å². The van der Waals surface area contributed by atoms with Crippen LogP contribution in [0.25, 0.3) is 5.65 Å². The summed E-state index contributed by atoms with van der Waals surface area (Å²) in [6, 6.07) is 3.50. The number of hydrogen-bond donors (Lipinski definition) is 2. The highest BCUT2D eigenvalue weighted by molar-refractivity contribution is 6.06. The molecule has 2 N–H and O–H groups in total. The topological polar surface area (TPSA) is 112 Å². The summed E-state index contributed by atoms with van der Waals surface area (Å²) in [5.41, 5.74) is 3.44. The molecule has 2 amide bonds. The number of anilines is 2. The number of methoxy groups -OCH3 is 1. The van der Waals surface area contributed by atoms with Crippen molar-refractivity contribution < 1.29 is 19.4 Å². The van der Waals surface area contributed by atoms with Gasteiger partial charge in [-0.15, -0.1) is 0 Å². The van der Waals surface area contributed by atoms with Gasteiger partial charge in [0.15, 0.2) is 0 Å². The quantitative estimate of drug-likeness (QED) is 0.584. The molecule has 1 aliphatic rings. The zero-order valence-electron chi connectivity index (χ0n) is 21.0. The van der Waals surface area contributed by atoms with Crippen LogP contribution in [0.5, 0.6) is 5.75 Å². The van der Waals surface area contributed by atoms with Gasteiger partial charge in [0.05, 0.1) is 36.3 Å². The van der Waals surface area contributed by atoms with Crippen LogP contribution < -0.4 is 15.0 Å². The Morgan fingerprint density at radius 2 is 1.91 bits per heavy atom. The van der Waals surface area contributed by atoms with E-state index in [2.05, 4.69) is 20.2 Å². The van der Waals surface area contributed by atoms with Crippen LogP contribution in [0.1, 0.15) is 42.4 Å². The van der Waals surface area contributed by atoms with Crippen LogP contribution in [-0.2, 0) is 0 Å². The van der Waals surface area contributed by atoms with Crippen molar-refractivity contribution in [1.29, 1.82) is 0 Å². The number of nitrogens with zero attached hydrogens (tertiary/aromatic N) is 5. The largest absolute Gasteiger partial charge is 0.495 e. The monoisotopic (exact) mass is 480 g/mol. The van der Waals surface area contributed by atoms with Gasteiger partial charge in [-0.05, 0) is 31.4 Å². The molecule has 1 unspecified atom stereocenters. The predicted molar refractivity (Wildman–Crippen MR) is 134 cm³/mol. The van der Waals surface area contributed by atoms with Crippen molar-refractivity contribution >= 4 is 29.2 Å². The van der Waals surface area contributed by atoms with Crippen LogP contribution in [-0.4, -0.2) is 69.2 Å². The standard InChI is InChI=1S/C25H32N6O4/c1-15-12-30-13-18(21(35-6)16(2)22(30)27-15)23(32)28-20-8-7-17(11-26-20)29-9-10-31(24(33)34)19(14-29)25(3,4)5/h7-8,11-13,19H,9-10,14H2,1-6H3,(H,33,34)(H,26,28,32). The number of piperazine rings is 1. The van der Waals surface area contributed by atoms with E-state index < -0.39 is 6.09 Å². The summed E-state index contributed by atoms with van der Waals surface area (Å²) >= 11 is 0. The lowest BCUT2D eigenvalue weighted by atomic mass is 9.84. The van der Waals surface area contributed by atoms with Crippen LogP contribution in [0.15, 0.2) is 30.7 Å². The molecule has 3 aromatic heterocycles. The van der Waals surface area contributed by atoms with E-state index in [1.807, 2.05) is 51.3 Å². The molecular weight excluding hydrogens is 448 g/mol. The first-order valence-corrected chi connectivity index (χ1v) is 11.5. The minimum atomic E-state index is -0.893. The summed E-state index contributed by atoms with van der Waals surface area (Å²) in [5, 5.41) is 12.4. The molecule has 186 valence electrons. The Bertz CT molecular complexity index is 1260. The van der Waals surface area contributed by atoms with Crippen LogP contribution in [0.3, 0.4) is 0 Å². The van der Waals surface area contributed by atoms with Crippen LogP contribution >= 0.6 is 0 Å². The van der Waals surface area contributed by atoms with Crippen LogP contribution in [0, 0.1) is 19.3 Å². The third-order valence-corrected chi connectivity index (χ3v) is 6.47. The summed E-state index contributed by atoms with van der Waals surface area (Å²) in [6.07, 6.45) is 4.38. The zero-order valence-corrected chi connectivity index (χ0v) is 21.0. The number of amides is 2. The van der Waals surface area contributed by atoms with Gasteiger partial charge in [-0.25, -0.2) is 14.8 Å². The lowest BCUT2D eigenvalue weighted by Crippen LogP contribution is -2.59. The van der Waals surface area contributed by atoms with E-state index in [-0.39, 0.29) is 17.4 Å². The highest BCUT2D eigenvalue weighted by atomic mass is 16.5. The second-order valence-corrected chi connectivity index (χ2v) is 9.97. The summed E-state index contributed by atoms with van der Waals surface area (Å²) in [7, 11) is 1.54. The summed E-state index contributed by atoms with van der Waals surface area (Å²) in [5.74, 6) is 0.556. The molecule has 1 aliphatic heterocycles. The average Bonchev–Trinajstić information content (AvgIpc) is 3.19. The fraction of sp³-hybridized carbons (Fsp3) is 0.440. The molecule has 10 nitrogen and oxygen atoms in total. The number of carboxylic acid groups (broad SMARTS) is 1. The van der Waals surface area contributed by atoms with E-state index in [0.717, 1.165) is 22.6 Å². The van der Waals surface area contributed by atoms with Gasteiger partial charge in [0.2, 0.25) is 0 Å². The van der Waals surface area contributed by atoms with E-state index in [1.165, 1.54) is 12.0 Å². The molecule has 0 aliphatic carbocycles. The fourth-order valence-corrected chi connectivity index (χ4v) is 4.64. The first-order chi connectivity index (χ1) is 16.5. The highest BCUT2D eigenvalue weighted by Crippen LogP contribution is 2.31. The maximum atomic E-state index is 13.1. The van der Waals surface area contributed by atoms with E-state index in [9.17, 15) is 14.7 Å². The number of imidazole rings is 1. The Labute approximate surface area is 204 Å². The van der Waals surface area contributed by atoms with Crippen molar-refractivity contribution in [2.45, 2.75) is 40.7 Å². The number of aryl methyl sites for hydroxylation is 2. The molecule has 1 fully saturated rings. The number of nitrogens with one attached hydrogen (secondary N) is 1. The number of carbonyl (C=O) groups excluding carboxylic acids is 1. The molecule has 0 bridgehead atoms. The molecule has 3 aromatic rings. The van der Waals surface area contributed by atoms with Crippen molar-refractivity contribution in [3.05, 3.63) is 47.5 Å². The third-order valence-electron chi connectivity index (χ3n) is 6.47. The van der Waals surface area contributed by atoms with Gasteiger partial charge < -0.3 is 29.4 Å². The smallest absolute Gasteiger partial charge is 0.407 e. The lowest BCUT2D eigenvalue weighted by molar-refractivity contribution is 0.0748. The third kappa shape index (κ3) is 4.73. The molecular formula is C25H32N6O4. The van der Waals surface area contributed by atoms with Crippen LogP contribution in [0.4, 0.5) is 16.3 Å². The second kappa shape index (κ2) is 9.09. The number of pyridine rings is 2.